The van der Waals surface area contributed by atoms with E-state index in [1.807, 2.05) is 34.9 Å². The van der Waals surface area contributed by atoms with E-state index >= 15 is 0 Å². The van der Waals surface area contributed by atoms with Crippen LogP contribution in [0.5, 0.6) is 5.75 Å². The highest BCUT2D eigenvalue weighted by atomic mass is 28.3. The fraction of sp³-hybridized carbons (Fsp3) is 0.429. The Labute approximate surface area is 215 Å². The highest BCUT2D eigenvalue weighted by Gasteiger charge is 2.33. The molecule has 36 heavy (non-hydrogen) atoms. The van der Waals surface area contributed by atoms with E-state index in [1.165, 1.54) is 12.1 Å². The summed E-state index contributed by atoms with van der Waals surface area (Å²) in [6.45, 7) is 13.3. The minimum absolute atomic E-state index is 0.0307. The third-order valence-corrected chi connectivity index (χ3v) is 7.50. The molecule has 3 atom stereocenters. The van der Waals surface area contributed by atoms with Crippen LogP contribution < -0.4 is 10.5 Å². The predicted molar refractivity (Wildman–Crippen MR) is 143 cm³/mol. The van der Waals surface area contributed by atoms with Gasteiger partial charge in [-0.1, -0.05) is 58.0 Å². The summed E-state index contributed by atoms with van der Waals surface area (Å²) in [4.78, 5) is 15.9. The zero-order valence-electron chi connectivity index (χ0n) is 22.1. The number of rotatable bonds is 11. The topological polar surface area (TPSA) is 79.4 Å². The molecule has 0 saturated carbocycles. The molecule has 0 bridgehead atoms. The van der Waals surface area contributed by atoms with Crippen LogP contribution in [0.2, 0.25) is 13.1 Å². The molecule has 0 fully saturated rings. The van der Waals surface area contributed by atoms with Crippen molar-refractivity contribution in [3.05, 3.63) is 83.7 Å². The zero-order chi connectivity index (χ0) is 26.5. The number of ether oxygens (including phenoxy) is 1. The molecule has 0 aliphatic rings. The van der Waals surface area contributed by atoms with Crippen molar-refractivity contribution in [3.63, 3.8) is 0 Å². The van der Waals surface area contributed by atoms with Crippen LogP contribution in [0.15, 0.2) is 61.1 Å². The molecule has 0 spiro atoms. The number of halogens is 1. The number of hydrogen-bond acceptors (Lipinski definition) is 4. The van der Waals surface area contributed by atoms with Gasteiger partial charge in [-0.25, -0.2) is 9.37 Å². The number of carbonyl (C=O) groups excluding carboxylic acids is 1. The summed E-state index contributed by atoms with van der Waals surface area (Å²) in [7, 11) is -1.50. The van der Waals surface area contributed by atoms with Crippen molar-refractivity contribution < 1.29 is 18.3 Å². The number of carbonyl (C=O) groups is 1. The Kier molecular flexibility index (Phi) is 9.08. The Balaban J connectivity index is 1.99. The maximum Gasteiger partial charge on any atom is 0.268 e. The van der Waals surface area contributed by atoms with Gasteiger partial charge >= 0.3 is 0 Å². The zero-order valence-corrected chi connectivity index (χ0v) is 23.2. The SMILES string of the molecule is C[C@H]([C@@H](CC(O[SiH](C)C)c1ccc(F)cc1OCc1ccccc1)n1cnc(C(N)=O)c1)C(C)(C)C. The second-order valence-corrected chi connectivity index (χ2v) is 13.0. The first-order chi connectivity index (χ1) is 17.0. The molecule has 0 saturated heterocycles. The summed E-state index contributed by atoms with van der Waals surface area (Å²) in [5.74, 6) is -0.248. The van der Waals surface area contributed by atoms with Gasteiger partial charge in [0.25, 0.3) is 5.91 Å². The van der Waals surface area contributed by atoms with Crippen molar-refractivity contribution >= 4 is 14.9 Å². The Bertz CT molecular complexity index is 1140. The summed E-state index contributed by atoms with van der Waals surface area (Å²) >= 11 is 0. The lowest BCUT2D eigenvalue weighted by Crippen LogP contribution is -2.30. The lowest BCUT2D eigenvalue weighted by molar-refractivity contribution is 0.0995. The van der Waals surface area contributed by atoms with Gasteiger partial charge in [-0.15, -0.1) is 0 Å². The highest BCUT2D eigenvalue weighted by Crippen LogP contribution is 2.42. The molecule has 8 heteroatoms. The standard InChI is InChI=1S/C28H38FN3O3Si/c1-19(28(2,3)4)24(32-16-23(27(30)33)31-18-32)15-26(35-36(5)6)22-13-12-21(29)14-25(22)34-17-20-10-8-7-9-11-20/h7-14,16,18-19,24,26,36H,15,17H2,1-6H3,(H2,30,33)/t19-,24-,26?/m1/s1. The van der Waals surface area contributed by atoms with Crippen LogP contribution in [0, 0.1) is 17.2 Å². The van der Waals surface area contributed by atoms with Crippen LogP contribution in [0.1, 0.15) is 67.9 Å². The quantitative estimate of drug-likeness (QED) is 0.318. The molecule has 1 amide bonds. The molecule has 194 valence electrons. The van der Waals surface area contributed by atoms with Crippen LogP contribution in [-0.4, -0.2) is 24.5 Å². The fourth-order valence-electron chi connectivity index (χ4n) is 4.24. The molecular weight excluding hydrogens is 473 g/mol. The number of imidazole rings is 1. The van der Waals surface area contributed by atoms with Crippen molar-refractivity contribution in [3.8, 4) is 5.75 Å². The van der Waals surface area contributed by atoms with E-state index < -0.39 is 14.9 Å². The van der Waals surface area contributed by atoms with Gasteiger partial charge in [0.2, 0.25) is 0 Å². The minimum atomic E-state index is -1.50. The second-order valence-electron chi connectivity index (χ2n) is 10.7. The van der Waals surface area contributed by atoms with Crippen LogP contribution >= 0.6 is 0 Å². The third kappa shape index (κ3) is 7.27. The van der Waals surface area contributed by atoms with Gasteiger partial charge in [0.15, 0.2) is 9.04 Å². The first-order valence-corrected chi connectivity index (χ1v) is 15.2. The lowest BCUT2D eigenvalue weighted by atomic mass is 9.75. The molecule has 6 nitrogen and oxygen atoms in total. The Morgan fingerprint density at radius 2 is 1.86 bits per heavy atom. The molecule has 0 aliphatic heterocycles. The molecular formula is C28H38FN3O3Si. The van der Waals surface area contributed by atoms with E-state index in [0.29, 0.717) is 18.8 Å². The molecule has 0 radical (unpaired) electrons. The van der Waals surface area contributed by atoms with Gasteiger partial charge in [-0.2, -0.15) is 0 Å². The molecule has 1 heterocycles. The van der Waals surface area contributed by atoms with Gasteiger partial charge in [0.1, 0.15) is 23.9 Å². The number of nitrogens with zero attached hydrogens (tertiary/aromatic N) is 2. The lowest BCUT2D eigenvalue weighted by Gasteiger charge is -2.37. The maximum atomic E-state index is 14.3. The summed E-state index contributed by atoms with van der Waals surface area (Å²) in [6, 6.07) is 14.4. The molecule has 3 rings (SSSR count). The van der Waals surface area contributed by atoms with Crippen molar-refractivity contribution in [2.24, 2.45) is 17.1 Å². The Morgan fingerprint density at radius 1 is 1.17 bits per heavy atom. The fourth-order valence-corrected chi connectivity index (χ4v) is 5.16. The van der Waals surface area contributed by atoms with E-state index in [0.717, 1.165) is 11.1 Å². The Morgan fingerprint density at radius 3 is 2.44 bits per heavy atom. The van der Waals surface area contributed by atoms with Crippen molar-refractivity contribution in [1.29, 1.82) is 0 Å². The number of amides is 1. The minimum Gasteiger partial charge on any atom is -0.488 e. The normalized spacial score (nSPS) is 14.4. The first kappa shape index (κ1) is 27.6. The van der Waals surface area contributed by atoms with E-state index in [-0.39, 0.29) is 35.0 Å². The number of benzene rings is 2. The van der Waals surface area contributed by atoms with E-state index in [4.69, 9.17) is 14.9 Å². The van der Waals surface area contributed by atoms with Gasteiger partial charge in [-0.05, 0) is 48.5 Å². The van der Waals surface area contributed by atoms with Crippen LogP contribution in [0.3, 0.4) is 0 Å². The van der Waals surface area contributed by atoms with Gasteiger partial charge < -0.3 is 19.5 Å². The van der Waals surface area contributed by atoms with Gasteiger partial charge in [0.05, 0.1) is 12.4 Å². The molecule has 2 N–H and O–H groups in total. The Hall–Kier alpha value is -2.97. The largest absolute Gasteiger partial charge is 0.488 e. The average molecular weight is 512 g/mol. The molecule has 0 aliphatic carbocycles. The van der Waals surface area contributed by atoms with Crippen molar-refractivity contribution in [2.45, 2.75) is 66.0 Å². The van der Waals surface area contributed by atoms with Crippen LogP contribution in [-0.2, 0) is 11.0 Å². The van der Waals surface area contributed by atoms with E-state index in [2.05, 4.69) is 45.8 Å². The van der Waals surface area contributed by atoms with Crippen molar-refractivity contribution in [1.82, 2.24) is 9.55 Å². The number of hydrogen-bond donors (Lipinski definition) is 1. The smallest absolute Gasteiger partial charge is 0.268 e. The molecule has 2 aromatic carbocycles. The maximum absolute atomic E-state index is 14.3. The number of primary amides is 1. The van der Waals surface area contributed by atoms with E-state index in [9.17, 15) is 9.18 Å². The van der Waals surface area contributed by atoms with Gasteiger partial charge in [-0.3, -0.25) is 4.79 Å². The van der Waals surface area contributed by atoms with Gasteiger partial charge in [0, 0.05) is 23.9 Å². The number of aromatic nitrogens is 2. The summed E-state index contributed by atoms with van der Waals surface area (Å²) in [5.41, 5.74) is 7.49. The summed E-state index contributed by atoms with van der Waals surface area (Å²) in [6.07, 6.45) is 3.65. The summed E-state index contributed by atoms with van der Waals surface area (Å²) in [5, 5.41) is 0. The number of nitrogens with two attached hydrogens (primary N) is 1. The molecule has 1 aromatic heterocycles. The van der Waals surface area contributed by atoms with Crippen molar-refractivity contribution in [2.75, 3.05) is 0 Å². The summed E-state index contributed by atoms with van der Waals surface area (Å²) < 4.78 is 29.0. The van der Waals surface area contributed by atoms with E-state index in [1.54, 1.807) is 18.6 Å². The first-order valence-electron chi connectivity index (χ1n) is 12.4. The second kappa shape index (κ2) is 11.8. The molecule has 1 unspecified atom stereocenters. The van der Waals surface area contributed by atoms with Crippen LogP contribution in [0.4, 0.5) is 4.39 Å². The highest BCUT2D eigenvalue weighted by molar-refractivity contribution is 6.48. The van der Waals surface area contributed by atoms with Crippen LogP contribution in [0.25, 0.3) is 0 Å². The molecule has 3 aromatic rings. The monoisotopic (exact) mass is 511 g/mol. The third-order valence-electron chi connectivity index (χ3n) is 6.63. The predicted octanol–water partition coefficient (Wildman–Crippen LogP) is 6.05. The average Bonchev–Trinajstić information content (AvgIpc) is 3.30.